The molecule has 6 aliphatic rings. The van der Waals surface area contributed by atoms with Crippen molar-refractivity contribution in [1.29, 1.82) is 0 Å². The van der Waals surface area contributed by atoms with Crippen molar-refractivity contribution in [1.82, 2.24) is 10.6 Å². The van der Waals surface area contributed by atoms with Crippen molar-refractivity contribution in [3.63, 3.8) is 0 Å². The normalized spacial score (nSPS) is 25.6. The maximum atomic E-state index is 6.81. The van der Waals surface area contributed by atoms with E-state index in [4.69, 9.17) is 14.1 Å². The Kier molecular flexibility index (Phi) is 7.42. The molecule has 276 valence electrons. The fourth-order valence-corrected chi connectivity index (χ4v) is 9.88. The van der Waals surface area contributed by atoms with Crippen LogP contribution in [-0.4, -0.2) is 24.1 Å². The van der Waals surface area contributed by atoms with Crippen LogP contribution in [0.1, 0.15) is 47.2 Å². The van der Waals surface area contributed by atoms with Gasteiger partial charge in [0.15, 0.2) is 0 Å². The maximum absolute atomic E-state index is 6.81. The molecule has 4 heterocycles. The number of ether oxygens (including phenoxy) is 1. The third-order valence-corrected chi connectivity index (χ3v) is 12.5. The zero-order valence-electron chi connectivity index (χ0n) is 31.3. The van der Waals surface area contributed by atoms with Crippen LogP contribution in [-0.2, 0) is 4.74 Å². The van der Waals surface area contributed by atoms with Gasteiger partial charge in [-0.1, -0.05) is 121 Å². The van der Waals surface area contributed by atoms with Gasteiger partial charge in [0, 0.05) is 45.1 Å². The highest BCUT2D eigenvalue weighted by Crippen LogP contribution is 2.49. The van der Waals surface area contributed by atoms with E-state index in [2.05, 4.69) is 179 Å². The lowest BCUT2D eigenvalue weighted by Gasteiger charge is -2.35. The van der Waals surface area contributed by atoms with Gasteiger partial charge in [0.2, 0.25) is 0 Å². The molecule has 6 unspecified atom stereocenters. The van der Waals surface area contributed by atoms with Crippen molar-refractivity contribution in [2.75, 3.05) is 4.90 Å². The molecule has 1 fully saturated rings. The van der Waals surface area contributed by atoms with Gasteiger partial charge < -0.3 is 19.4 Å². The monoisotopic (exact) mass is 740 g/mol. The molecule has 12 rings (SSSR count). The molecule has 6 atom stereocenters. The Hall–Kier alpha value is -6.63. The molecule has 6 nitrogen and oxygen atoms in total. The maximum Gasteiger partial charge on any atom is 0.135 e. The highest BCUT2D eigenvalue weighted by molar-refractivity contribution is 6.07. The van der Waals surface area contributed by atoms with Gasteiger partial charge >= 0.3 is 0 Å². The molecular weight excluding hydrogens is 701 g/mol. The van der Waals surface area contributed by atoms with Gasteiger partial charge in [0.1, 0.15) is 41.2 Å². The topological polar surface area (TPSA) is 62.0 Å². The molecule has 3 aliphatic heterocycles. The number of hydrogen-bond donors (Lipinski definition) is 2. The minimum absolute atomic E-state index is 0.0840. The smallest absolute Gasteiger partial charge is 0.135 e. The van der Waals surface area contributed by atoms with Crippen LogP contribution < -0.4 is 15.5 Å². The van der Waals surface area contributed by atoms with E-state index in [9.17, 15) is 0 Å². The highest BCUT2D eigenvalue weighted by atomic mass is 16.5. The highest BCUT2D eigenvalue weighted by Gasteiger charge is 2.42. The summed E-state index contributed by atoms with van der Waals surface area (Å²) in [6, 6.07) is 43.3. The van der Waals surface area contributed by atoms with Crippen LogP contribution in [0.25, 0.3) is 27.5 Å². The van der Waals surface area contributed by atoms with E-state index in [1.165, 1.54) is 28.1 Å². The Morgan fingerprint density at radius 1 is 0.719 bits per heavy atom. The minimum Gasteiger partial charge on any atom is -0.485 e. The zero-order chi connectivity index (χ0) is 37.5. The molecule has 2 N–H and O–H groups in total. The Morgan fingerprint density at radius 2 is 1.51 bits per heavy atom. The number of rotatable bonds is 5. The number of nitrogens with zero attached hydrogens (tertiary/aromatic N) is 2. The number of benzene rings is 5. The summed E-state index contributed by atoms with van der Waals surface area (Å²) in [6.07, 6.45) is 19.8. The van der Waals surface area contributed by atoms with E-state index in [-0.39, 0.29) is 30.4 Å². The van der Waals surface area contributed by atoms with E-state index >= 15 is 0 Å². The van der Waals surface area contributed by atoms with E-state index in [1.54, 1.807) is 0 Å². The first-order chi connectivity index (χ1) is 28.2. The summed E-state index contributed by atoms with van der Waals surface area (Å²) in [5.41, 5.74) is 12.8. The summed E-state index contributed by atoms with van der Waals surface area (Å²) in [5.74, 6) is 2.38. The largest absolute Gasteiger partial charge is 0.485 e. The first-order valence-corrected chi connectivity index (χ1v) is 20.1. The number of amidine groups is 1. The first-order valence-electron chi connectivity index (χ1n) is 20.1. The molecule has 1 aromatic heterocycles. The SMILES string of the molecule is C1=CC2c3ccccc3N(c3ccc4oc5ccc(C6=CC7OC8=CCCC(C9NC(c%10ccccc%10)=NC(c%10ccccc%10)N9)=C8C7C=C6)cc5c4c3)C2C=C1. The van der Waals surface area contributed by atoms with E-state index in [1.807, 2.05) is 6.07 Å². The average molecular weight is 741 g/mol. The lowest BCUT2D eigenvalue weighted by molar-refractivity contribution is 0.184. The molecule has 1 saturated heterocycles. The number of allylic oxidation sites excluding steroid dienone is 6. The number of nitrogens with one attached hydrogen (secondary N) is 2. The predicted molar refractivity (Wildman–Crippen MR) is 229 cm³/mol. The Labute approximate surface area is 331 Å². The summed E-state index contributed by atoms with van der Waals surface area (Å²) >= 11 is 0. The third-order valence-electron chi connectivity index (χ3n) is 12.5. The van der Waals surface area contributed by atoms with Crippen molar-refractivity contribution in [3.8, 4) is 0 Å². The van der Waals surface area contributed by atoms with Crippen LogP contribution in [0.15, 0.2) is 196 Å². The molecule has 57 heavy (non-hydrogen) atoms. The second-order valence-electron chi connectivity index (χ2n) is 15.7. The van der Waals surface area contributed by atoms with Crippen molar-refractivity contribution in [2.45, 2.75) is 43.2 Å². The van der Waals surface area contributed by atoms with Crippen molar-refractivity contribution in [3.05, 3.63) is 209 Å². The Bertz CT molecular complexity index is 2820. The van der Waals surface area contributed by atoms with Crippen molar-refractivity contribution in [2.24, 2.45) is 10.9 Å². The van der Waals surface area contributed by atoms with Crippen LogP contribution in [0, 0.1) is 5.92 Å². The molecule has 0 radical (unpaired) electrons. The fourth-order valence-electron chi connectivity index (χ4n) is 9.88. The van der Waals surface area contributed by atoms with Crippen LogP contribution in [0.2, 0.25) is 0 Å². The predicted octanol–water partition coefficient (Wildman–Crippen LogP) is 10.9. The number of hydrogen-bond acceptors (Lipinski definition) is 6. The van der Waals surface area contributed by atoms with Crippen LogP contribution in [0.4, 0.5) is 11.4 Å². The summed E-state index contributed by atoms with van der Waals surface area (Å²) in [5, 5.41) is 9.89. The van der Waals surface area contributed by atoms with Gasteiger partial charge in [0.25, 0.3) is 0 Å². The molecule has 0 amide bonds. The third kappa shape index (κ3) is 5.32. The minimum atomic E-state index is -0.170. The molecule has 0 spiro atoms. The summed E-state index contributed by atoms with van der Waals surface area (Å²) < 4.78 is 13.2. The quantitative estimate of drug-likeness (QED) is 0.184. The first kappa shape index (κ1) is 32.6. The van der Waals surface area contributed by atoms with Gasteiger partial charge in [-0.05, 0) is 89.2 Å². The molecule has 6 heteroatoms. The van der Waals surface area contributed by atoms with Gasteiger partial charge in [-0.15, -0.1) is 0 Å². The number of furan rings is 1. The Balaban J connectivity index is 0.873. The van der Waals surface area contributed by atoms with Crippen molar-refractivity contribution < 1.29 is 9.15 Å². The Morgan fingerprint density at radius 3 is 2.40 bits per heavy atom. The molecular formula is C51H40N4O2. The van der Waals surface area contributed by atoms with Crippen LogP contribution in [0.5, 0.6) is 0 Å². The van der Waals surface area contributed by atoms with E-state index < -0.39 is 0 Å². The van der Waals surface area contributed by atoms with Gasteiger partial charge in [0.05, 0.1) is 6.04 Å². The average Bonchev–Trinajstić information content (AvgIpc) is 3.95. The molecule has 5 aromatic carbocycles. The second kappa shape index (κ2) is 13.0. The number of para-hydroxylation sites is 1. The molecule has 6 aromatic rings. The molecule has 0 bridgehead atoms. The zero-order valence-corrected chi connectivity index (χ0v) is 31.3. The van der Waals surface area contributed by atoms with Gasteiger partial charge in [-0.3, -0.25) is 5.32 Å². The number of fused-ring (bicyclic) bond motifs is 9. The lowest BCUT2D eigenvalue weighted by Crippen LogP contribution is -2.52. The lowest BCUT2D eigenvalue weighted by atomic mass is 9.81. The summed E-state index contributed by atoms with van der Waals surface area (Å²) in [4.78, 5) is 7.64. The summed E-state index contributed by atoms with van der Waals surface area (Å²) in [7, 11) is 0. The van der Waals surface area contributed by atoms with Crippen molar-refractivity contribution >= 4 is 44.7 Å². The standard InChI is InChI=1S/C51H40N4O2/c1-3-12-31(13-4-1)49-52-50(32-14-5-2-6-15-32)54-51(53-49)39-18-11-21-46-48(39)38-25-22-34(29-47(38)57-46)33-23-26-44-40(28-33)41-30-35(24-27-45(41)56-44)55-42-19-9-7-16-36(42)37-17-8-10-20-43(37)55/h1-10,12-17,19-30,36,38,42,47,49,51,53H,11,18H2,(H,52,54). The van der Waals surface area contributed by atoms with Gasteiger partial charge in [-0.25, -0.2) is 4.99 Å². The number of aliphatic imine (C=N–C) groups is 1. The van der Waals surface area contributed by atoms with E-state index in [0.29, 0.717) is 5.92 Å². The number of anilines is 2. The van der Waals surface area contributed by atoms with Gasteiger partial charge in [-0.2, -0.15) is 0 Å². The van der Waals surface area contributed by atoms with Crippen LogP contribution in [0.3, 0.4) is 0 Å². The summed E-state index contributed by atoms with van der Waals surface area (Å²) in [6.45, 7) is 0. The molecule has 3 aliphatic carbocycles. The fraction of sp³-hybridized carbons (Fsp3) is 0.157. The van der Waals surface area contributed by atoms with Crippen LogP contribution >= 0.6 is 0 Å². The van der Waals surface area contributed by atoms with E-state index in [0.717, 1.165) is 68.6 Å². The molecule has 0 saturated carbocycles. The second-order valence-corrected chi connectivity index (χ2v) is 15.7.